The van der Waals surface area contributed by atoms with Crippen molar-refractivity contribution in [2.75, 3.05) is 0 Å². The van der Waals surface area contributed by atoms with Gasteiger partial charge in [0.15, 0.2) is 0 Å². The minimum Gasteiger partial charge on any atom is -0.455 e. The van der Waals surface area contributed by atoms with Crippen LogP contribution in [0.15, 0.2) is 77.3 Å². The van der Waals surface area contributed by atoms with Gasteiger partial charge in [0.2, 0.25) is 0 Å². The van der Waals surface area contributed by atoms with Gasteiger partial charge in [-0.3, -0.25) is 4.98 Å². The van der Waals surface area contributed by atoms with Crippen LogP contribution in [0.2, 0.25) is 0 Å². The lowest BCUT2D eigenvalue weighted by Crippen LogP contribution is -2.12. The summed E-state index contributed by atoms with van der Waals surface area (Å²) < 4.78 is 6.68. The van der Waals surface area contributed by atoms with E-state index in [0.29, 0.717) is 0 Å². The third-order valence-corrected chi connectivity index (χ3v) is 7.81. The molecule has 0 N–H and O–H groups in total. The Hall–Kier alpha value is -3.65. The van der Waals surface area contributed by atoms with Crippen LogP contribution in [0.1, 0.15) is 50.3 Å². The molecule has 1 aliphatic carbocycles. The van der Waals surface area contributed by atoms with E-state index >= 15 is 0 Å². The van der Waals surface area contributed by atoms with Crippen LogP contribution in [0.5, 0.6) is 0 Å². The summed E-state index contributed by atoms with van der Waals surface area (Å²) in [6.07, 6.45) is 6.74. The molecule has 0 bridgehead atoms. The van der Waals surface area contributed by atoms with Crippen molar-refractivity contribution < 1.29 is 4.42 Å². The van der Waals surface area contributed by atoms with E-state index in [1.165, 1.54) is 51.1 Å². The highest BCUT2D eigenvalue weighted by Gasteiger charge is 2.21. The molecule has 0 amide bonds. The van der Waals surface area contributed by atoms with Gasteiger partial charge in [-0.25, -0.2) is 0 Å². The van der Waals surface area contributed by atoms with Gasteiger partial charge in [-0.1, -0.05) is 63.2 Å². The molecule has 0 aliphatic heterocycles. The molecule has 172 valence electrons. The minimum absolute atomic E-state index is 0.0330. The highest BCUT2D eigenvalue weighted by atomic mass is 16.3. The summed E-state index contributed by atoms with van der Waals surface area (Å²) in [7, 11) is 0. The fraction of sp³-hybridized carbons (Fsp3) is 0.242. The number of hydrogen-bond acceptors (Lipinski definition) is 2. The molecule has 0 unspecified atom stereocenters. The second-order valence-electron chi connectivity index (χ2n) is 11.1. The maximum atomic E-state index is 6.68. The Morgan fingerprint density at radius 1 is 0.714 bits per heavy atom. The molecule has 2 heteroatoms. The normalized spacial score (nSPS) is 14.3. The lowest BCUT2D eigenvalue weighted by atomic mass is 9.82. The molecule has 6 aromatic rings. The predicted molar refractivity (Wildman–Crippen MR) is 147 cm³/mol. The van der Waals surface area contributed by atoms with Crippen LogP contribution < -0.4 is 0 Å². The third kappa shape index (κ3) is 3.13. The number of aromatic nitrogens is 1. The predicted octanol–water partition coefficient (Wildman–Crippen LogP) is 9.13. The number of furan rings is 1. The summed E-state index contributed by atoms with van der Waals surface area (Å²) in [4.78, 5) is 4.90. The molecule has 0 atom stereocenters. The smallest absolute Gasteiger partial charge is 0.143 e. The summed E-state index contributed by atoms with van der Waals surface area (Å²) in [5, 5.41) is 7.29. The standard InChI is InChI=1S/C33H29NO/c1-33(2,3)29-19-22(18-21-9-5-6-10-23(21)29)30-25-14-15-27-26-13-12-20-8-4-7-11-24(20)31(26)35-32(27)28(25)16-17-34-30/h5-6,9-10,12-19H,4,7-8,11H2,1-3H3. The summed E-state index contributed by atoms with van der Waals surface area (Å²) in [6, 6.07) is 24.5. The zero-order chi connectivity index (χ0) is 23.7. The molecule has 0 saturated heterocycles. The number of benzene rings is 4. The van der Waals surface area contributed by atoms with Crippen molar-refractivity contribution >= 4 is 43.5 Å². The minimum atomic E-state index is 0.0330. The molecule has 2 aromatic heterocycles. The van der Waals surface area contributed by atoms with E-state index in [2.05, 4.69) is 87.5 Å². The van der Waals surface area contributed by atoms with Gasteiger partial charge < -0.3 is 4.42 Å². The van der Waals surface area contributed by atoms with Crippen molar-refractivity contribution in [2.24, 2.45) is 0 Å². The van der Waals surface area contributed by atoms with Crippen molar-refractivity contribution in [1.82, 2.24) is 4.98 Å². The SMILES string of the molecule is CC(C)(C)c1cc(-c2nccc3c2ccc2c4ccc5c(c4oc32)CCCC5)cc2ccccc12. The van der Waals surface area contributed by atoms with E-state index in [1.54, 1.807) is 0 Å². The summed E-state index contributed by atoms with van der Waals surface area (Å²) >= 11 is 0. The first-order valence-corrected chi connectivity index (χ1v) is 12.8. The average Bonchev–Trinajstić information content (AvgIpc) is 3.27. The van der Waals surface area contributed by atoms with Crippen LogP contribution >= 0.6 is 0 Å². The molecule has 0 spiro atoms. The molecule has 1 aliphatic rings. The molecule has 0 radical (unpaired) electrons. The maximum Gasteiger partial charge on any atom is 0.143 e. The lowest BCUT2D eigenvalue weighted by Gasteiger charge is -2.23. The first-order chi connectivity index (χ1) is 17.0. The van der Waals surface area contributed by atoms with E-state index in [9.17, 15) is 0 Å². The third-order valence-electron chi connectivity index (χ3n) is 7.81. The highest BCUT2D eigenvalue weighted by Crippen LogP contribution is 2.41. The average molecular weight is 456 g/mol. The first-order valence-electron chi connectivity index (χ1n) is 12.8. The van der Waals surface area contributed by atoms with E-state index in [0.717, 1.165) is 46.0 Å². The first kappa shape index (κ1) is 20.7. The maximum absolute atomic E-state index is 6.68. The molecule has 4 aromatic carbocycles. The Kier molecular flexibility index (Phi) is 4.39. The largest absolute Gasteiger partial charge is 0.455 e. The molecular formula is C33H29NO. The molecular weight excluding hydrogens is 426 g/mol. The zero-order valence-corrected chi connectivity index (χ0v) is 20.6. The second kappa shape index (κ2) is 7.42. The fourth-order valence-corrected chi connectivity index (χ4v) is 6.07. The molecule has 2 nitrogen and oxygen atoms in total. The van der Waals surface area contributed by atoms with E-state index in [-0.39, 0.29) is 5.41 Å². The fourth-order valence-electron chi connectivity index (χ4n) is 6.07. The molecule has 35 heavy (non-hydrogen) atoms. The molecule has 0 fully saturated rings. The van der Waals surface area contributed by atoms with Crippen molar-refractivity contribution in [3.8, 4) is 11.3 Å². The number of pyridine rings is 1. The number of aryl methyl sites for hydroxylation is 2. The number of fused-ring (bicyclic) bond motifs is 8. The summed E-state index contributed by atoms with van der Waals surface area (Å²) in [5.41, 5.74) is 8.50. The van der Waals surface area contributed by atoms with Gasteiger partial charge in [-0.05, 0) is 82.8 Å². The molecule has 2 heterocycles. The van der Waals surface area contributed by atoms with Crippen LogP contribution in [0.4, 0.5) is 0 Å². The highest BCUT2D eigenvalue weighted by molar-refractivity contribution is 6.17. The van der Waals surface area contributed by atoms with Crippen LogP contribution in [-0.4, -0.2) is 4.98 Å². The Morgan fingerprint density at radius 3 is 2.34 bits per heavy atom. The summed E-state index contributed by atoms with van der Waals surface area (Å²) in [5.74, 6) is 0. The molecule has 0 saturated carbocycles. The topological polar surface area (TPSA) is 26.0 Å². The van der Waals surface area contributed by atoms with Gasteiger partial charge >= 0.3 is 0 Å². The van der Waals surface area contributed by atoms with Crippen LogP contribution in [-0.2, 0) is 18.3 Å². The van der Waals surface area contributed by atoms with E-state index in [4.69, 9.17) is 9.40 Å². The Morgan fingerprint density at radius 2 is 1.46 bits per heavy atom. The van der Waals surface area contributed by atoms with E-state index in [1.807, 2.05) is 6.20 Å². The summed E-state index contributed by atoms with van der Waals surface area (Å²) in [6.45, 7) is 6.86. The van der Waals surface area contributed by atoms with Gasteiger partial charge in [-0.2, -0.15) is 0 Å². The van der Waals surface area contributed by atoms with Crippen molar-refractivity contribution in [3.63, 3.8) is 0 Å². The van der Waals surface area contributed by atoms with Crippen molar-refractivity contribution in [2.45, 2.75) is 51.9 Å². The number of rotatable bonds is 1. The Labute approximate surface area is 205 Å². The van der Waals surface area contributed by atoms with E-state index < -0.39 is 0 Å². The lowest BCUT2D eigenvalue weighted by molar-refractivity contribution is 0.596. The van der Waals surface area contributed by atoms with Crippen LogP contribution in [0, 0.1) is 0 Å². The van der Waals surface area contributed by atoms with Crippen molar-refractivity contribution in [3.05, 3.63) is 89.6 Å². The Bertz CT molecular complexity index is 1780. The quantitative estimate of drug-likeness (QED) is 0.247. The van der Waals surface area contributed by atoms with Crippen molar-refractivity contribution in [1.29, 1.82) is 0 Å². The second-order valence-corrected chi connectivity index (χ2v) is 11.1. The van der Waals surface area contributed by atoms with Gasteiger partial charge in [0.05, 0.1) is 5.69 Å². The number of hydrogen-bond donors (Lipinski definition) is 0. The Balaban J connectivity index is 1.51. The zero-order valence-electron chi connectivity index (χ0n) is 20.6. The van der Waals surface area contributed by atoms with Gasteiger partial charge in [0.1, 0.15) is 11.2 Å². The number of nitrogens with zero attached hydrogens (tertiary/aromatic N) is 1. The molecule has 7 rings (SSSR count). The van der Waals surface area contributed by atoms with Gasteiger partial charge in [0.25, 0.3) is 0 Å². The van der Waals surface area contributed by atoms with Gasteiger partial charge in [-0.15, -0.1) is 0 Å². The van der Waals surface area contributed by atoms with Crippen LogP contribution in [0.3, 0.4) is 0 Å². The van der Waals surface area contributed by atoms with Crippen LogP contribution in [0.25, 0.3) is 54.7 Å². The van der Waals surface area contributed by atoms with Gasteiger partial charge in [0, 0.05) is 33.3 Å². The monoisotopic (exact) mass is 455 g/mol.